The van der Waals surface area contributed by atoms with Crippen molar-refractivity contribution in [1.29, 1.82) is 0 Å². The van der Waals surface area contributed by atoms with Crippen LogP contribution in [0, 0.1) is 6.92 Å². The number of aryl methyl sites for hydroxylation is 1. The van der Waals surface area contributed by atoms with E-state index in [1.165, 1.54) is 6.07 Å². The van der Waals surface area contributed by atoms with Crippen LogP contribution in [0.4, 0.5) is 5.69 Å². The van der Waals surface area contributed by atoms with E-state index in [4.69, 9.17) is 9.15 Å². The van der Waals surface area contributed by atoms with E-state index in [-0.39, 0.29) is 24.2 Å². The fourth-order valence-electron chi connectivity index (χ4n) is 3.53. The number of carbonyl (C=O) groups is 1. The standard InChI is InChI=1S/C23H21N3O5/c1-13(2)26-18-7-5-4-6-17(18)22(23(26)29)25-24-20(27)12-30-15-8-9-16-14(3)10-21(28)31-19(16)11-15/h4-11,13,29H,12H2,1-3H3. The number of hydrogen-bond acceptors (Lipinski definition) is 6. The van der Waals surface area contributed by atoms with Gasteiger partial charge in [0, 0.05) is 28.9 Å². The van der Waals surface area contributed by atoms with Gasteiger partial charge in [-0.25, -0.2) is 4.79 Å². The molecule has 31 heavy (non-hydrogen) atoms. The van der Waals surface area contributed by atoms with E-state index < -0.39 is 11.5 Å². The molecule has 0 aliphatic rings. The van der Waals surface area contributed by atoms with E-state index in [9.17, 15) is 14.7 Å². The predicted molar refractivity (Wildman–Crippen MR) is 116 cm³/mol. The molecule has 2 heterocycles. The largest absolute Gasteiger partial charge is 0.493 e. The first kappa shape index (κ1) is 20.3. The predicted octanol–water partition coefficient (Wildman–Crippen LogP) is 5.03. The Morgan fingerprint density at radius 2 is 1.94 bits per heavy atom. The molecule has 2 aromatic carbocycles. The van der Waals surface area contributed by atoms with Gasteiger partial charge in [-0.15, -0.1) is 10.2 Å². The fraction of sp³-hybridized carbons (Fsp3) is 0.217. The summed E-state index contributed by atoms with van der Waals surface area (Å²) in [6.45, 7) is 5.35. The zero-order valence-electron chi connectivity index (χ0n) is 17.3. The van der Waals surface area contributed by atoms with Crippen LogP contribution in [0.1, 0.15) is 25.5 Å². The van der Waals surface area contributed by atoms with E-state index in [1.54, 1.807) is 22.8 Å². The van der Waals surface area contributed by atoms with Crippen molar-refractivity contribution in [3.8, 4) is 11.6 Å². The van der Waals surface area contributed by atoms with Gasteiger partial charge >= 0.3 is 11.5 Å². The number of aromatic nitrogens is 1. The molecule has 0 aliphatic carbocycles. The highest BCUT2D eigenvalue weighted by Crippen LogP contribution is 2.40. The average molecular weight is 419 g/mol. The van der Waals surface area contributed by atoms with Crippen molar-refractivity contribution >= 4 is 33.5 Å². The fourth-order valence-corrected chi connectivity index (χ4v) is 3.53. The van der Waals surface area contributed by atoms with Crippen LogP contribution in [0.2, 0.25) is 0 Å². The van der Waals surface area contributed by atoms with E-state index in [1.807, 2.05) is 45.0 Å². The highest BCUT2D eigenvalue weighted by molar-refractivity contribution is 5.95. The van der Waals surface area contributed by atoms with Crippen LogP contribution in [0.15, 0.2) is 68.0 Å². The second-order valence-electron chi connectivity index (χ2n) is 7.44. The van der Waals surface area contributed by atoms with Gasteiger partial charge in [0.25, 0.3) is 0 Å². The minimum Gasteiger partial charge on any atom is -0.493 e. The minimum atomic E-state index is -0.619. The summed E-state index contributed by atoms with van der Waals surface area (Å²) in [6.07, 6.45) is 0. The molecule has 0 atom stereocenters. The highest BCUT2D eigenvalue weighted by Gasteiger charge is 2.18. The molecule has 0 saturated carbocycles. The summed E-state index contributed by atoms with van der Waals surface area (Å²) in [5, 5.41) is 19.8. The summed E-state index contributed by atoms with van der Waals surface area (Å²) in [6, 6.07) is 13.8. The SMILES string of the molecule is Cc1cc(=O)oc2cc(OCC(=O)N=Nc3c(O)n(C(C)C)c4ccccc34)ccc12. The number of hydrogen-bond donors (Lipinski definition) is 1. The average Bonchev–Trinajstić information content (AvgIpc) is 3.01. The Morgan fingerprint density at radius 1 is 1.16 bits per heavy atom. The Hall–Kier alpha value is -3.94. The number of carbonyl (C=O) groups excluding carboxylic acids is 1. The Morgan fingerprint density at radius 3 is 2.71 bits per heavy atom. The number of rotatable bonds is 5. The van der Waals surface area contributed by atoms with Gasteiger partial charge in [0.15, 0.2) is 12.3 Å². The van der Waals surface area contributed by atoms with Crippen LogP contribution in [-0.4, -0.2) is 22.2 Å². The lowest BCUT2D eigenvalue weighted by Gasteiger charge is -2.10. The molecule has 0 bridgehead atoms. The van der Waals surface area contributed by atoms with E-state index >= 15 is 0 Å². The Bertz CT molecular complexity index is 1380. The Labute approximate surface area is 177 Å². The number of azo groups is 1. The highest BCUT2D eigenvalue weighted by atomic mass is 16.5. The van der Waals surface area contributed by atoms with Crippen LogP contribution in [0.5, 0.6) is 11.6 Å². The van der Waals surface area contributed by atoms with Crippen molar-refractivity contribution in [1.82, 2.24) is 4.57 Å². The monoisotopic (exact) mass is 419 g/mol. The normalized spacial score (nSPS) is 11.7. The Balaban J connectivity index is 1.53. The number of ether oxygens (including phenoxy) is 1. The van der Waals surface area contributed by atoms with Crippen LogP contribution >= 0.6 is 0 Å². The van der Waals surface area contributed by atoms with Crippen molar-refractivity contribution in [3.05, 3.63) is 64.5 Å². The molecular formula is C23H21N3O5. The molecule has 8 nitrogen and oxygen atoms in total. The molecule has 158 valence electrons. The zero-order chi connectivity index (χ0) is 22.1. The molecule has 2 aromatic heterocycles. The van der Waals surface area contributed by atoms with Gasteiger partial charge < -0.3 is 18.8 Å². The quantitative estimate of drug-likeness (QED) is 0.361. The first-order valence-corrected chi connectivity index (χ1v) is 9.79. The van der Waals surface area contributed by atoms with Crippen LogP contribution in [0.25, 0.3) is 21.9 Å². The topological polar surface area (TPSA) is 106 Å². The molecule has 0 fully saturated rings. The molecule has 0 saturated heterocycles. The van der Waals surface area contributed by atoms with Crippen LogP contribution in [0.3, 0.4) is 0 Å². The van der Waals surface area contributed by atoms with Crippen molar-refractivity contribution in [2.24, 2.45) is 10.2 Å². The molecule has 0 spiro atoms. The molecule has 0 radical (unpaired) electrons. The summed E-state index contributed by atoms with van der Waals surface area (Å²) in [7, 11) is 0. The third-order valence-corrected chi connectivity index (χ3v) is 4.92. The summed E-state index contributed by atoms with van der Waals surface area (Å²) in [5.41, 5.74) is 1.76. The number of fused-ring (bicyclic) bond motifs is 2. The maximum absolute atomic E-state index is 12.2. The summed E-state index contributed by atoms with van der Waals surface area (Å²) in [4.78, 5) is 23.8. The van der Waals surface area contributed by atoms with Gasteiger partial charge in [-0.3, -0.25) is 4.79 Å². The zero-order valence-corrected chi connectivity index (χ0v) is 17.3. The molecule has 0 unspecified atom stereocenters. The second kappa shape index (κ2) is 8.06. The van der Waals surface area contributed by atoms with Gasteiger partial charge in [-0.05, 0) is 44.5 Å². The molecule has 8 heteroatoms. The van der Waals surface area contributed by atoms with E-state index in [2.05, 4.69) is 10.2 Å². The molecule has 1 amide bonds. The number of aromatic hydroxyl groups is 1. The van der Waals surface area contributed by atoms with Crippen molar-refractivity contribution in [3.63, 3.8) is 0 Å². The smallest absolute Gasteiger partial charge is 0.336 e. The maximum Gasteiger partial charge on any atom is 0.336 e. The maximum atomic E-state index is 12.2. The first-order chi connectivity index (χ1) is 14.8. The summed E-state index contributed by atoms with van der Waals surface area (Å²) < 4.78 is 12.4. The number of benzene rings is 2. The number of amides is 1. The third kappa shape index (κ3) is 3.92. The van der Waals surface area contributed by atoms with Gasteiger partial charge in [0.05, 0.1) is 5.52 Å². The van der Waals surface area contributed by atoms with Crippen molar-refractivity contribution < 1.29 is 19.1 Å². The molecule has 4 aromatic rings. The number of nitrogens with zero attached hydrogens (tertiary/aromatic N) is 3. The van der Waals surface area contributed by atoms with Gasteiger partial charge in [-0.2, -0.15) is 0 Å². The molecular weight excluding hydrogens is 398 g/mol. The molecule has 0 aliphatic heterocycles. The lowest BCUT2D eigenvalue weighted by molar-refractivity contribution is -0.120. The first-order valence-electron chi connectivity index (χ1n) is 9.79. The van der Waals surface area contributed by atoms with Gasteiger partial charge in [0.2, 0.25) is 5.88 Å². The third-order valence-electron chi connectivity index (χ3n) is 4.92. The Kier molecular flexibility index (Phi) is 5.29. The van der Waals surface area contributed by atoms with Crippen LogP contribution in [-0.2, 0) is 4.79 Å². The van der Waals surface area contributed by atoms with Crippen LogP contribution < -0.4 is 10.4 Å². The van der Waals surface area contributed by atoms with Gasteiger partial charge in [0.1, 0.15) is 11.3 Å². The van der Waals surface area contributed by atoms with Crippen molar-refractivity contribution in [2.75, 3.05) is 6.61 Å². The lowest BCUT2D eigenvalue weighted by Crippen LogP contribution is -2.08. The lowest BCUT2D eigenvalue weighted by atomic mass is 10.1. The summed E-state index contributed by atoms with van der Waals surface area (Å²) >= 11 is 0. The van der Waals surface area contributed by atoms with Gasteiger partial charge in [-0.1, -0.05) is 18.2 Å². The van der Waals surface area contributed by atoms with E-state index in [0.29, 0.717) is 16.7 Å². The minimum absolute atomic E-state index is 0.00414. The summed E-state index contributed by atoms with van der Waals surface area (Å²) in [5.74, 6) is -0.302. The second-order valence-corrected chi connectivity index (χ2v) is 7.44. The molecule has 1 N–H and O–H groups in total. The number of para-hydroxylation sites is 1. The van der Waals surface area contributed by atoms with Crippen molar-refractivity contribution in [2.45, 2.75) is 26.8 Å². The molecule has 4 rings (SSSR count). The van der Waals surface area contributed by atoms with E-state index in [0.717, 1.165) is 16.5 Å².